The summed E-state index contributed by atoms with van der Waals surface area (Å²) >= 11 is 6.13. The molecule has 28 heavy (non-hydrogen) atoms. The van der Waals surface area contributed by atoms with Crippen LogP contribution in [0.4, 0.5) is 17.1 Å². The van der Waals surface area contributed by atoms with Gasteiger partial charge in [-0.2, -0.15) is 4.31 Å². The van der Waals surface area contributed by atoms with E-state index in [2.05, 4.69) is 0 Å². The van der Waals surface area contributed by atoms with Gasteiger partial charge < -0.3 is 4.90 Å². The molecule has 0 amide bonds. The molecule has 12 heteroatoms. The van der Waals surface area contributed by atoms with Gasteiger partial charge in [-0.3, -0.25) is 20.2 Å². The summed E-state index contributed by atoms with van der Waals surface area (Å²) in [6.45, 7) is 0.336. The van der Waals surface area contributed by atoms with E-state index in [4.69, 9.17) is 11.6 Å². The van der Waals surface area contributed by atoms with Crippen molar-refractivity contribution in [2.45, 2.75) is 4.90 Å². The lowest BCUT2D eigenvalue weighted by molar-refractivity contribution is -0.387. The van der Waals surface area contributed by atoms with Crippen molar-refractivity contribution in [3.8, 4) is 0 Å². The minimum Gasteiger partial charge on any atom is -0.362 e. The summed E-state index contributed by atoms with van der Waals surface area (Å²) in [5.74, 6) is 0. The number of benzene rings is 2. The van der Waals surface area contributed by atoms with Crippen LogP contribution in [0, 0.1) is 20.2 Å². The van der Waals surface area contributed by atoms with Gasteiger partial charge in [-0.15, -0.1) is 0 Å². The molecule has 0 unspecified atom stereocenters. The Labute approximate surface area is 165 Å². The number of rotatable bonds is 5. The van der Waals surface area contributed by atoms with Crippen LogP contribution in [0.25, 0.3) is 0 Å². The average Bonchev–Trinajstić information content (AvgIpc) is 2.67. The standard InChI is InChI=1S/C16H15ClN4O6S/c17-12-4-3-6-14(21(24)25)16(12)18-8-10-19(11-9-18)28(26,27)15-7-2-1-5-13(15)20(22)23/h1-7H,8-11H2. The lowest BCUT2D eigenvalue weighted by Gasteiger charge is -2.35. The van der Waals surface area contributed by atoms with Crippen molar-refractivity contribution in [1.82, 2.24) is 4.31 Å². The topological polar surface area (TPSA) is 127 Å². The van der Waals surface area contributed by atoms with Crippen LogP contribution in [-0.2, 0) is 10.0 Å². The Bertz CT molecular complexity index is 1040. The number of piperazine rings is 1. The number of hydrogen-bond donors (Lipinski definition) is 0. The largest absolute Gasteiger partial charge is 0.362 e. The Morgan fingerprint density at radius 3 is 2.04 bits per heavy atom. The van der Waals surface area contributed by atoms with Crippen LogP contribution in [0.15, 0.2) is 47.4 Å². The van der Waals surface area contributed by atoms with E-state index in [0.717, 1.165) is 10.4 Å². The van der Waals surface area contributed by atoms with Gasteiger partial charge in [-0.05, 0) is 12.1 Å². The highest BCUT2D eigenvalue weighted by molar-refractivity contribution is 7.89. The van der Waals surface area contributed by atoms with Crippen molar-refractivity contribution in [2.24, 2.45) is 0 Å². The minimum absolute atomic E-state index is 0.0107. The third-order valence-electron chi connectivity index (χ3n) is 4.40. The average molecular weight is 427 g/mol. The SMILES string of the molecule is O=[N+]([O-])c1ccccc1S(=O)(=O)N1CCN(c2c(Cl)cccc2[N+](=O)[O-])CC1. The number of anilines is 1. The van der Waals surface area contributed by atoms with Gasteiger partial charge in [0.1, 0.15) is 5.69 Å². The van der Waals surface area contributed by atoms with E-state index in [9.17, 15) is 28.6 Å². The van der Waals surface area contributed by atoms with Crippen molar-refractivity contribution in [3.63, 3.8) is 0 Å². The molecule has 0 N–H and O–H groups in total. The van der Waals surface area contributed by atoms with Crippen LogP contribution in [0.1, 0.15) is 0 Å². The Kier molecular flexibility index (Phi) is 5.49. The van der Waals surface area contributed by atoms with E-state index in [1.807, 2.05) is 0 Å². The summed E-state index contributed by atoms with van der Waals surface area (Å²) in [5.41, 5.74) is -0.425. The molecular formula is C16H15ClN4O6S. The Hall–Kier alpha value is -2.76. The molecule has 0 aliphatic carbocycles. The molecular weight excluding hydrogens is 412 g/mol. The van der Waals surface area contributed by atoms with E-state index in [1.165, 1.54) is 36.4 Å². The van der Waals surface area contributed by atoms with Gasteiger partial charge in [0.2, 0.25) is 10.0 Å². The van der Waals surface area contributed by atoms with Gasteiger partial charge in [0.25, 0.3) is 11.4 Å². The van der Waals surface area contributed by atoms with Gasteiger partial charge >= 0.3 is 0 Å². The molecule has 1 aliphatic heterocycles. The normalized spacial score (nSPS) is 15.4. The minimum atomic E-state index is -4.08. The highest BCUT2D eigenvalue weighted by Crippen LogP contribution is 2.36. The van der Waals surface area contributed by atoms with Crippen molar-refractivity contribution < 1.29 is 18.3 Å². The molecule has 2 aromatic carbocycles. The van der Waals surface area contributed by atoms with Crippen molar-refractivity contribution in [2.75, 3.05) is 31.1 Å². The molecule has 1 saturated heterocycles. The summed E-state index contributed by atoms with van der Waals surface area (Å²) < 4.78 is 26.9. The van der Waals surface area contributed by atoms with Crippen LogP contribution in [0.3, 0.4) is 0 Å². The molecule has 0 radical (unpaired) electrons. The zero-order chi connectivity index (χ0) is 20.5. The molecule has 3 rings (SSSR count). The van der Waals surface area contributed by atoms with Crippen LogP contribution in [-0.4, -0.2) is 48.7 Å². The highest BCUT2D eigenvalue weighted by Gasteiger charge is 2.35. The van der Waals surface area contributed by atoms with E-state index in [1.54, 1.807) is 4.90 Å². The summed E-state index contributed by atoms with van der Waals surface area (Å²) in [5, 5.41) is 22.6. The van der Waals surface area contributed by atoms with Crippen LogP contribution in [0.5, 0.6) is 0 Å². The summed E-state index contributed by atoms with van der Waals surface area (Å²) in [4.78, 5) is 22.4. The van der Waals surface area contributed by atoms with Crippen LogP contribution < -0.4 is 4.90 Å². The number of halogens is 1. The molecule has 1 heterocycles. The summed E-state index contributed by atoms with van der Waals surface area (Å²) in [6, 6.07) is 9.47. The molecule has 1 fully saturated rings. The zero-order valence-electron chi connectivity index (χ0n) is 14.4. The van der Waals surface area contributed by atoms with E-state index in [-0.39, 0.29) is 47.5 Å². The Morgan fingerprint density at radius 2 is 1.43 bits per heavy atom. The molecule has 0 bridgehead atoms. The Morgan fingerprint density at radius 1 is 0.857 bits per heavy atom. The monoisotopic (exact) mass is 426 g/mol. The van der Waals surface area contributed by atoms with E-state index >= 15 is 0 Å². The third kappa shape index (κ3) is 3.63. The van der Waals surface area contributed by atoms with E-state index in [0.29, 0.717) is 0 Å². The number of hydrogen-bond acceptors (Lipinski definition) is 7. The summed E-state index contributed by atoms with van der Waals surface area (Å²) in [6.07, 6.45) is 0. The smallest absolute Gasteiger partial charge is 0.294 e. The summed E-state index contributed by atoms with van der Waals surface area (Å²) in [7, 11) is -4.08. The highest BCUT2D eigenvalue weighted by atomic mass is 35.5. The molecule has 148 valence electrons. The fourth-order valence-corrected chi connectivity index (χ4v) is 4.95. The van der Waals surface area contributed by atoms with Gasteiger partial charge in [-0.25, -0.2) is 8.42 Å². The maximum Gasteiger partial charge on any atom is 0.294 e. The third-order valence-corrected chi connectivity index (χ3v) is 6.65. The van der Waals surface area contributed by atoms with E-state index < -0.39 is 25.6 Å². The van der Waals surface area contributed by atoms with Crippen LogP contribution in [0.2, 0.25) is 5.02 Å². The second-order valence-electron chi connectivity index (χ2n) is 5.98. The van der Waals surface area contributed by atoms with Crippen molar-refractivity contribution in [3.05, 3.63) is 67.7 Å². The quantitative estimate of drug-likeness (QED) is 0.531. The molecule has 0 aromatic heterocycles. The second-order valence-corrected chi connectivity index (χ2v) is 8.29. The number of nitro benzene ring substituents is 2. The molecule has 0 saturated carbocycles. The first-order chi connectivity index (χ1) is 13.2. The van der Waals surface area contributed by atoms with Gasteiger partial charge in [-0.1, -0.05) is 29.8 Å². The molecule has 10 nitrogen and oxygen atoms in total. The first kappa shape index (κ1) is 20.0. The first-order valence-corrected chi connectivity index (χ1v) is 9.96. The maximum absolute atomic E-state index is 12.9. The van der Waals surface area contributed by atoms with Crippen molar-refractivity contribution >= 4 is 38.7 Å². The van der Waals surface area contributed by atoms with Gasteiger partial charge in [0, 0.05) is 38.3 Å². The lowest BCUT2D eigenvalue weighted by Crippen LogP contribution is -2.49. The molecule has 0 atom stereocenters. The predicted octanol–water partition coefficient (Wildman–Crippen LogP) is 2.67. The number of nitrogens with zero attached hydrogens (tertiary/aromatic N) is 4. The van der Waals surface area contributed by atoms with Crippen LogP contribution >= 0.6 is 11.6 Å². The fraction of sp³-hybridized carbons (Fsp3) is 0.250. The zero-order valence-corrected chi connectivity index (χ0v) is 16.0. The molecule has 1 aliphatic rings. The van der Waals surface area contributed by atoms with Crippen molar-refractivity contribution in [1.29, 1.82) is 0 Å². The maximum atomic E-state index is 12.9. The second kappa shape index (κ2) is 7.70. The Balaban J connectivity index is 1.86. The molecule has 0 spiro atoms. The predicted molar refractivity (Wildman–Crippen MR) is 102 cm³/mol. The number of para-hydroxylation sites is 2. The fourth-order valence-electron chi connectivity index (χ4n) is 3.08. The number of sulfonamides is 1. The number of nitro groups is 2. The first-order valence-electron chi connectivity index (χ1n) is 8.15. The molecule has 2 aromatic rings. The van der Waals surface area contributed by atoms with Gasteiger partial charge in [0.05, 0.1) is 14.9 Å². The van der Waals surface area contributed by atoms with Gasteiger partial charge in [0.15, 0.2) is 4.90 Å². The lowest BCUT2D eigenvalue weighted by atomic mass is 10.2.